The molecular weight excluding hydrogens is 350 g/mol. The number of rotatable bonds is 3. The maximum Gasteiger partial charge on any atom is 0.313 e. The van der Waals surface area contributed by atoms with Gasteiger partial charge in [-0.25, -0.2) is 10.0 Å². The van der Waals surface area contributed by atoms with Crippen molar-refractivity contribution in [3.05, 3.63) is 39.9 Å². The van der Waals surface area contributed by atoms with Crippen molar-refractivity contribution < 1.29 is 14.8 Å². The third kappa shape index (κ3) is 3.78. The van der Waals surface area contributed by atoms with Gasteiger partial charge in [0, 0.05) is 5.56 Å². The predicted octanol–water partition coefficient (Wildman–Crippen LogP) is 0.0272. The quantitative estimate of drug-likeness (QED) is 0.445. The number of aromatic amines is 1. The van der Waals surface area contributed by atoms with E-state index in [0.717, 1.165) is 0 Å². The van der Waals surface area contributed by atoms with Gasteiger partial charge in [0.15, 0.2) is 0 Å². The van der Waals surface area contributed by atoms with Gasteiger partial charge in [0.05, 0.1) is 16.9 Å². The number of benzene rings is 1. The molecule has 0 unspecified atom stereocenters. The summed E-state index contributed by atoms with van der Waals surface area (Å²) in [4.78, 5) is 42.2. The van der Waals surface area contributed by atoms with Gasteiger partial charge in [-0.1, -0.05) is 0 Å². The normalized spacial score (nSPS) is 14.8. The van der Waals surface area contributed by atoms with Crippen molar-refractivity contribution in [2.45, 2.75) is 18.9 Å². The summed E-state index contributed by atoms with van der Waals surface area (Å²) in [5, 5.41) is 14.1. The summed E-state index contributed by atoms with van der Waals surface area (Å²) >= 11 is 0. The number of aromatic nitrogens is 2. The van der Waals surface area contributed by atoms with Gasteiger partial charge >= 0.3 is 5.91 Å². The van der Waals surface area contributed by atoms with Gasteiger partial charge in [-0.15, -0.1) is 12.4 Å². The van der Waals surface area contributed by atoms with Crippen LogP contribution in [0.2, 0.25) is 0 Å². The fourth-order valence-electron chi connectivity index (χ4n) is 2.72. The van der Waals surface area contributed by atoms with Crippen molar-refractivity contribution >= 4 is 35.1 Å². The van der Waals surface area contributed by atoms with Crippen molar-refractivity contribution in [2.75, 3.05) is 13.1 Å². The lowest BCUT2D eigenvalue weighted by Crippen LogP contribution is -2.45. The van der Waals surface area contributed by atoms with Gasteiger partial charge in [0.25, 0.3) is 5.56 Å². The van der Waals surface area contributed by atoms with Crippen LogP contribution in [0.3, 0.4) is 0 Å². The molecule has 2 aromatic rings. The van der Waals surface area contributed by atoms with E-state index in [9.17, 15) is 19.6 Å². The third-order valence-electron chi connectivity index (χ3n) is 4.06. The zero-order chi connectivity index (χ0) is 17.3. The van der Waals surface area contributed by atoms with Crippen molar-refractivity contribution in [3.63, 3.8) is 0 Å². The minimum Gasteiger partial charge on any atom is -0.366 e. The number of hydrogen-bond acceptors (Lipinski definition) is 6. The topological polar surface area (TPSA) is 141 Å². The Morgan fingerprint density at radius 1 is 1.28 bits per heavy atom. The Morgan fingerprint density at radius 3 is 2.60 bits per heavy atom. The summed E-state index contributed by atoms with van der Waals surface area (Å²) in [6.45, 7) is 1.39. The molecular formula is C15H18ClN5O4. The summed E-state index contributed by atoms with van der Waals surface area (Å²) in [5.41, 5.74) is 5.03. The molecule has 0 aliphatic carbocycles. The van der Waals surface area contributed by atoms with E-state index in [0.29, 0.717) is 31.0 Å². The highest BCUT2D eigenvalue weighted by Crippen LogP contribution is 2.14. The average molecular weight is 368 g/mol. The molecule has 1 saturated heterocycles. The van der Waals surface area contributed by atoms with Crippen molar-refractivity contribution in [3.8, 4) is 0 Å². The smallest absolute Gasteiger partial charge is 0.313 e. The zero-order valence-corrected chi connectivity index (χ0v) is 14.0. The first-order chi connectivity index (χ1) is 11.5. The molecule has 0 radical (unpaired) electrons. The average Bonchev–Trinajstić information content (AvgIpc) is 2.60. The molecule has 5 N–H and O–H groups in total. The first-order valence-corrected chi connectivity index (χ1v) is 7.54. The summed E-state index contributed by atoms with van der Waals surface area (Å²) in [6, 6.07) is 3.84. The molecule has 0 saturated carbocycles. The van der Waals surface area contributed by atoms with Gasteiger partial charge in [-0.05, 0) is 44.1 Å². The Labute approximate surface area is 148 Å². The number of carbonyl (C=O) groups is 2. The van der Waals surface area contributed by atoms with Gasteiger partial charge in [-0.2, -0.15) is 0 Å². The number of H-pyrrole nitrogens is 1. The first kappa shape index (κ1) is 18.8. The SMILES string of the molecule is Cl.NC(=O)c1ccc2c(=O)[nH]c(C(=O)N(O)C3CCNCC3)nc2c1. The number of amides is 2. The zero-order valence-electron chi connectivity index (χ0n) is 13.2. The van der Waals surface area contributed by atoms with E-state index in [2.05, 4.69) is 15.3 Å². The largest absolute Gasteiger partial charge is 0.366 e. The lowest BCUT2D eigenvalue weighted by Gasteiger charge is -2.29. The Kier molecular flexibility index (Phi) is 5.73. The lowest BCUT2D eigenvalue weighted by molar-refractivity contribution is -0.0955. The van der Waals surface area contributed by atoms with E-state index in [4.69, 9.17) is 5.73 Å². The number of halogens is 1. The van der Waals surface area contributed by atoms with Gasteiger partial charge < -0.3 is 16.0 Å². The van der Waals surface area contributed by atoms with E-state index in [1.54, 1.807) is 0 Å². The van der Waals surface area contributed by atoms with Crippen LogP contribution in [0, 0.1) is 0 Å². The number of nitrogens with one attached hydrogen (secondary N) is 2. The van der Waals surface area contributed by atoms with Crippen molar-refractivity contribution in [1.82, 2.24) is 20.3 Å². The number of fused-ring (bicyclic) bond motifs is 1. The van der Waals surface area contributed by atoms with Crippen LogP contribution in [0.15, 0.2) is 23.0 Å². The van der Waals surface area contributed by atoms with Crippen LogP contribution in [0.5, 0.6) is 0 Å². The summed E-state index contributed by atoms with van der Waals surface area (Å²) in [7, 11) is 0. The molecule has 0 atom stereocenters. The van der Waals surface area contributed by atoms with Crippen LogP contribution in [0.1, 0.15) is 33.8 Å². The molecule has 1 aliphatic rings. The molecule has 3 rings (SSSR count). The number of piperidine rings is 1. The van der Waals surface area contributed by atoms with E-state index in [1.165, 1.54) is 18.2 Å². The van der Waals surface area contributed by atoms with Crippen molar-refractivity contribution in [1.29, 1.82) is 0 Å². The first-order valence-electron chi connectivity index (χ1n) is 7.54. The molecule has 0 bridgehead atoms. The summed E-state index contributed by atoms with van der Waals surface area (Å²) in [5.74, 6) is -1.73. The molecule has 1 fully saturated rings. The predicted molar refractivity (Wildman–Crippen MR) is 92.0 cm³/mol. The molecule has 1 aliphatic heterocycles. The second-order valence-corrected chi connectivity index (χ2v) is 5.64. The maximum absolute atomic E-state index is 12.4. The standard InChI is InChI=1S/C15H17N5O4.ClH/c16-12(21)8-1-2-10-11(7-8)18-13(19-14(10)22)15(23)20(24)9-3-5-17-6-4-9;/h1-2,7,9,17,24H,3-6H2,(H2,16,21)(H,18,19,22);1H. The second kappa shape index (κ2) is 7.60. The van der Waals surface area contributed by atoms with E-state index in [1.807, 2.05) is 0 Å². The highest BCUT2D eigenvalue weighted by atomic mass is 35.5. The fraction of sp³-hybridized carbons (Fsp3) is 0.333. The second-order valence-electron chi connectivity index (χ2n) is 5.64. The molecule has 9 nitrogen and oxygen atoms in total. The van der Waals surface area contributed by atoms with Crippen LogP contribution < -0.4 is 16.6 Å². The molecule has 2 heterocycles. The lowest BCUT2D eigenvalue weighted by atomic mass is 10.1. The maximum atomic E-state index is 12.4. The van der Waals surface area contributed by atoms with Crippen LogP contribution >= 0.6 is 12.4 Å². The molecule has 25 heavy (non-hydrogen) atoms. The molecule has 1 aromatic carbocycles. The molecule has 1 aromatic heterocycles. The van der Waals surface area contributed by atoms with Gasteiger partial charge in [-0.3, -0.25) is 19.6 Å². The summed E-state index contributed by atoms with van der Waals surface area (Å²) < 4.78 is 0. The third-order valence-corrected chi connectivity index (χ3v) is 4.06. The number of hydroxylamine groups is 2. The van der Waals surface area contributed by atoms with Gasteiger partial charge in [0.1, 0.15) is 0 Å². The molecule has 10 heteroatoms. The van der Waals surface area contributed by atoms with Crippen LogP contribution in [0.25, 0.3) is 10.9 Å². The molecule has 134 valence electrons. The Morgan fingerprint density at radius 2 is 1.96 bits per heavy atom. The number of nitrogens with two attached hydrogens (primary N) is 1. The fourth-order valence-corrected chi connectivity index (χ4v) is 2.72. The minimum absolute atomic E-state index is 0. The Balaban J connectivity index is 0.00000225. The highest BCUT2D eigenvalue weighted by molar-refractivity contribution is 5.97. The molecule has 0 spiro atoms. The van der Waals surface area contributed by atoms with E-state index < -0.39 is 17.4 Å². The number of carbonyl (C=O) groups excluding carboxylic acids is 2. The summed E-state index contributed by atoms with van der Waals surface area (Å²) in [6.07, 6.45) is 1.21. The van der Waals surface area contributed by atoms with Crippen LogP contribution in [-0.4, -0.2) is 51.2 Å². The van der Waals surface area contributed by atoms with Crippen molar-refractivity contribution in [2.24, 2.45) is 5.73 Å². The number of hydrogen-bond donors (Lipinski definition) is 4. The number of primary amides is 1. The van der Waals surface area contributed by atoms with Crippen LogP contribution in [0.4, 0.5) is 0 Å². The highest BCUT2D eigenvalue weighted by Gasteiger charge is 2.26. The van der Waals surface area contributed by atoms with E-state index in [-0.39, 0.29) is 40.7 Å². The monoisotopic (exact) mass is 367 g/mol. The minimum atomic E-state index is -0.787. The Bertz CT molecular complexity index is 863. The van der Waals surface area contributed by atoms with Crippen LogP contribution in [-0.2, 0) is 0 Å². The van der Waals surface area contributed by atoms with E-state index >= 15 is 0 Å². The number of nitrogens with zero attached hydrogens (tertiary/aromatic N) is 2. The van der Waals surface area contributed by atoms with Gasteiger partial charge in [0.2, 0.25) is 11.7 Å². The Hall–Kier alpha value is -2.49. The molecule has 2 amide bonds.